The second kappa shape index (κ2) is 7.56. The van der Waals surface area contributed by atoms with Gasteiger partial charge in [0, 0.05) is 17.7 Å². The smallest absolute Gasteiger partial charge is 0.389 e. The van der Waals surface area contributed by atoms with Crippen LogP contribution in [-0.2, 0) is 10.0 Å². The lowest BCUT2D eigenvalue weighted by molar-refractivity contribution is -0.134. The topological polar surface area (TPSA) is 66.4 Å². The van der Waals surface area contributed by atoms with E-state index in [9.17, 15) is 21.6 Å². The van der Waals surface area contributed by atoms with Crippen LogP contribution in [0.1, 0.15) is 19.8 Å². The summed E-state index contributed by atoms with van der Waals surface area (Å²) in [5.74, 6) is -0.566. The number of aliphatic hydroxyl groups is 1. The van der Waals surface area contributed by atoms with Gasteiger partial charge < -0.3 is 5.11 Å². The molecule has 4 nitrogen and oxygen atoms in total. The zero-order valence-corrected chi connectivity index (χ0v) is 11.8. The third-order valence-corrected chi connectivity index (χ3v) is 5.00. The van der Waals surface area contributed by atoms with Gasteiger partial charge in [-0.1, -0.05) is 0 Å². The van der Waals surface area contributed by atoms with Crippen molar-refractivity contribution < 1.29 is 26.7 Å². The lowest BCUT2D eigenvalue weighted by Gasteiger charge is -2.21. The molecule has 2 N–H and O–H groups in total. The summed E-state index contributed by atoms with van der Waals surface area (Å²) in [6, 6.07) is -0.527. The van der Waals surface area contributed by atoms with Crippen molar-refractivity contribution in [1.82, 2.24) is 4.72 Å². The van der Waals surface area contributed by atoms with Gasteiger partial charge in [-0.3, -0.25) is 0 Å². The molecule has 0 aliphatic rings. The van der Waals surface area contributed by atoms with Crippen molar-refractivity contribution in [2.45, 2.75) is 37.2 Å². The minimum Gasteiger partial charge on any atom is -0.395 e. The van der Waals surface area contributed by atoms with Crippen LogP contribution in [0.2, 0.25) is 0 Å². The molecule has 9 heteroatoms. The van der Waals surface area contributed by atoms with Crippen molar-refractivity contribution >= 4 is 21.8 Å². The van der Waals surface area contributed by atoms with Crippen molar-refractivity contribution in [3.63, 3.8) is 0 Å². The van der Waals surface area contributed by atoms with Crippen LogP contribution in [-0.4, -0.2) is 49.6 Å². The molecule has 0 bridgehead atoms. The van der Waals surface area contributed by atoms with Gasteiger partial charge in [-0.25, -0.2) is 13.1 Å². The molecule has 0 aliphatic carbocycles. The van der Waals surface area contributed by atoms with E-state index >= 15 is 0 Å². The zero-order chi connectivity index (χ0) is 14.4. The number of thioether (sulfide) groups is 1. The molecule has 0 fully saturated rings. The first-order valence-corrected chi connectivity index (χ1v) is 8.25. The van der Waals surface area contributed by atoms with E-state index in [1.54, 1.807) is 13.2 Å². The van der Waals surface area contributed by atoms with E-state index in [0.29, 0.717) is 0 Å². The number of halogens is 3. The fourth-order valence-electron chi connectivity index (χ4n) is 1.32. The molecular formula is C9H18F3NO3S2. The van der Waals surface area contributed by atoms with Gasteiger partial charge in [-0.15, -0.1) is 0 Å². The van der Waals surface area contributed by atoms with Crippen LogP contribution in [0.3, 0.4) is 0 Å². The second-order valence-corrected chi connectivity index (χ2v) is 6.85. The van der Waals surface area contributed by atoms with Crippen molar-refractivity contribution in [2.75, 3.05) is 18.6 Å². The molecule has 0 aromatic carbocycles. The molecule has 0 amide bonds. The number of hydrogen-bond acceptors (Lipinski definition) is 4. The Balaban J connectivity index is 4.23. The molecule has 18 heavy (non-hydrogen) atoms. The molecule has 0 aliphatic heterocycles. The summed E-state index contributed by atoms with van der Waals surface area (Å²) in [4.78, 5) is 0. The zero-order valence-electron chi connectivity index (χ0n) is 10.2. The first-order chi connectivity index (χ1) is 8.11. The Labute approximate surface area is 109 Å². The van der Waals surface area contributed by atoms with Crippen molar-refractivity contribution in [3.05, 3.63) is 0 Å². The van der Waals surface area contributed by atoms with E-state index in [2.05, 4.69) is 4.72 Å². The number of hydrogen-bond donors (Lipinski definition) is 2. The highest BCUT2D eigenvalue weighted by Crippen LogP contribution is 2.21. The van der Waals surface area contributed by atoms with Gasteiger partial charge >= 0.3 is 6.18 Å². The van der Waals surface area contributed by atoms with Crippen LogP contribution < -0.4 is 4.72 Å². The Kier molecular flexibility index (Phi) is 7.57. The molecular weight excluding hydrogens is 291 g/mol. The van der Waals surface area contributed by atoms with E-state index in [4.69, 9.17) is 5.11 Å². The minimum atomic E-state index is -4.34. The van der Waals surface area contributed by atoms with Crippen LogP contribution in [0, 0.1) is 0 Å². The Morgan fingerprint density at radius 3 is 2.33 bits per heavy atom. The molecule has 0 radical (unpaired) electrons. The van der Waals surface area contributed by atoms with Gasteiger partial charge in [0.15, 0.2) is 0 Å². The Hall–Kier alpha value is 0.01000. The maximum absolute atomic E-state index is 11.9. The van der Waals surface area contributed by atoms with Gasteiger partial charge in [-0.05, 0) is 19.6 Å². The first-order valence-electron chi connectivity index (χ1n) is 5.31. The van der Waals surface area contributed by atoms with Gasteiger partial charge in [-0.2, -0.15) is 24.9 Å². The van der Waals surface area contributed by atoms with Crippen LogP contribution >= 0.6 is 11.8 Å². The van der Waals surface area contributed by atoms with E-state index < -0.39 is 40.8 Å². The Morgan fingerprint density at radius 2 is 1.94 bits per heavy atom. The average molecular weight is 309 g/mol. The highest BCUT2D eigenvalue weighted by atomic mass is 32.2. The van der Waals surface area contributed by atoms with Gasteiger partial charge in [0.1, 0.15) is 0 Å². The second-order valence-electron chi connectivity index (χ2n) is 3.90. The van der Waals surface area contributed by atoms with E-state index in [0.717, 1.165) is 0 Å². The predicted molar refractivity (Wildman–Crippen MR) is 66.1 cm³/mol. The summed E-state index contributed by atoms with van der Waals surface area (Å²) in [5, 5.41) is 8.65. The molecule has 2 unspecified atom stereocenters. The number of nitrogens with one attached hydrogen (secondary N) is 1. The van der Waals surface area contributed by atoms with Crippen molar-refractivity contribution in [3.8, 4) is 0 Å². The third-order valence-electron chi connectivity index (χ3n) is 2.28. The first kappa shape index (κ1) is 18.0. The van der Waals surface area contributed by atoms with Gasteiger partial charge in [0.05, 0.1) is 12.4 Å². The highest BCUT2D eigenvalue weighted by Gasteiger charge is 2.28. The fraction of sp³-hybridized carbons (Fsp3) is 1.00. The highest BCUT2D eigenvalue weighted by molar-refractivity contribution is 7.99. The molecule has 0 heterocycles. The van der Waals surface area contributed by atoms with E-state index in [1.807, 2.05) is 0 Å². The number of sulfonamides is 1. The molecule has 2 atom stereocenters. The van der Waals surface area contributed by atoms with Crippen LogP contribution in [0.5, 0.6) is 0 Å². The van der Waals surface area contributed by atoms with Crippen molar-refractivity contribution in [1.29, 1.82) is 0 Å². The average Bonchev–Trinajstić information content (AvgIpc) is 2.15. The van der Waals surface area contributed by atoms with E-state index in [-0.39, 0.29) is 11.9 Å². The molecule has 0 saturated carbocycles. The predicted octanol–water partition coefficient (Wildman–Crippen LogP) is 1.36. The summed E-state index contributed by atoms with van der Waals surface area (Å²) in [6.07, 6.45) is -4.20. The molecule has 110 valence electrons. The lowest BCUT2D eigenvalue weighted by atomic mass is 10.3. The number of rotatable bonds is 8. The quantitative estimate of drug-likeness (QED) is 0.710. The monoisotopic (exact) mass is 309 g/mol. The summed E-state index contributed by atoms with van der Waals surface area (Å²) < 4.78 is 60.9. The maximum Gasteiger partial charge on any atom is 0.389 e. The van der Waals surface area contributed by atoms with Gasteiger partial charge in [0.2, 0.25) is 10.0 Å². The molecule has 0 spiro atoms. The van der Waals surface area contributed by atoms with Crippen LogP contribution in [0.15, 0.2) is 0 Å². The number of aliphatic hydroxyl groups excluding tert-OH is 1. The molecule has 0 aromatic heterocycles. The lowest BCUT2D eigenvalue weighted by Crippen LogP contribution is -2.42. The van der Waals surface area contributed by atoms with E-state index in [1.165, 1.54) is 11.8 Å². The molecule has 0 rings (SSSR count). The maximum atomic E-state index is 11.9. The summed E-state index contributed by atoms with van der Waals surface area (Å²) >= 11 is 1.29. The number of alkyl halides is 3. The Morgan fingerprint density at radius 1 is 1.39 bits per heavy atom. The summed E-state index contributed by atoms with van der Waals surface area (Å²) in [6.45, 7) is 1.37. The molecule has 0 aromatic rings. The fourth-order valence-corrected chi connectivity index (χ4v) is 3.40. The van der Waals surface area contributed by atoms with Gasteiger partial charge in [0.25, 0.3) is 0 Å². The third kappa shape index (κ3) is 8.17. The SMILES string of the molecule is CSC(CO)C(C)NS(=O)(=O)CCCC(F)(F)F. The van der Waals surface area contributed by atoms with Crippen LogP contribution in [0.25, 0.3) is 0 Å². The standard InChI is InChI=1S/C9H18F3NO3S2/c1-7(8(6-14)17-2)13-18(15,16)5-3-4-9(10,11)12/h7-8,13-14H,3-6H2,1-2H3. The normalized spacial score (nSPS) is 16.6. The Bertz CT molecular complexity index is 328. The summed E-state index contributed by atoms with van der Waals surface area (Å²) in [7, 11) is -3.74. The van der Waals surface area contributed by atoms with Crippen LogP contribution in [0.4, 0.5) is 13.2 Å². The summed E-state index contributed by atoms with van der Waals surface area (Å²) in [5.41, 5.74) is 0. The van der Waals surface area contributed by atoms with Crippen molar-refractivity contribution in [2.24, 2.45) is 0 Å². The minimum absolute atomic E-state index is 0.201. The largest absolute Gasteiger partial charge is 0.395 e. The molecule has 0 saturated heterocycles.